The van der Waals surface area contributed by atoms with E-state index in [-0.39, 0.29) is 37.4 Å². The van der Waals surface area contributed by atoms with Crippen LogP contribution >= 0.6 is 0 Å². The van der Waals surface area contributed by atoms with Gasteiger partial charge in [-0.1, -0.05) is 13.8 Å². The molecule has 6 heteroatoms. The predicted molar refractivity (Wildman–Crippen MR) is 70.0 cm³/mol. The van der Waals surface area contributed by atoms with E-state index in [1.165, 1.54) is 12.0 Å². The molecular weight excluding hydrogens is 234 g/mol. The molecule has 3 N–H and O–H groups in total. The molecule has 0 aliphatic heterocycles. The van der Waals surface area contributed by atoms with Crippen molar-refractivity contribution < 1.29 is 14.3 Å². The summed E-state index contributed by atoms with van der Waals surface area (Å²) in [5.74, 6) is 0.0957. The number of likely N-dealkylation sites (N-methyl/N-ethyl adjacent to an activating group) is 1. The summed E-state index contributed by atoms with van der Waals surface area (Å²) in [6.45, 7) is 4.99. The topological polar surface area (TPSA) is 84.7 Å². The third-order valence-electron chi connectivity index (χ3n) is 2.51. The van der Waals surface area contributed by atoms with Gasteiger partial charge in [0.2, 0.25) is 11.8 Å². The Morgan fingerprint density at radius 2 is 2.00 bits per heavy atom. The lowest BCUT2D eigenvalue weighted by Crippen LogP contribution is -2.41. The molecule has 0 fully saturated rings. The van der Waals surface area contributed by atoms with Gasteiger partial charge in [0.15, 0.2) is 0 Å². The zero-order valence-electron chi connectivity index (χ0n) is 11.7. The van der Waals surface area contributed by atoms with Crippen LogP contribution in [0.4, 0.5) is 0 Å². The molecule has 18 heavy (non-hydrogen) atoms. The Labute approximate surface area is 109 Å². The predicted octanol–water partition coefficient (Wildman–Crippen LogP) is -0.419. The summed E-state index contributed by atoms with van der Waals surface area (Å²) in [6.07, 6.45) is -0.0975. The Bertz CT molecular complexity index is 265. The standard InChI is InChI=1S/C12H25N3O3/c1-9(2)7-14-11(16)8-15(3)12(17)5-10(6-13)18-4/h9-10H,5-8,13H2,1-4H3,(H,14,16). The van der Waals surface area contributed by atoms with Crippen molar-refractivity contribution in [3.63, 3.8) is 0 Å². The van der Waals surface area contributed by atoms with Crippen molar-refractivity contribution >= 4 is 11.8 Å². The maximum atomic E-state index is 11.8. The molecule has 2 amide bonds. The summed E-state index contributed by atoms with van der Waals surface area (Å²) in [5, 5.41) is 2.76. The van der Waals surface area contributed by atoms with E-state index in [0.717, 1.165) is 0 Å². The maximum Gasteiger partial charge on any atom is 0.239 e. The minimum absolute atomic E-state index is 0.0621. The molecule has 1 atom stereocenters. The third-order valence-corrected chi connectivity index (χ3v) is 2.51. The van der Waals surface area contributed by atoms with E-state index in [1.54, 1.807) is 7.05 Å². The Balaban J connectivity index is 4.03. The van der Waals surface area contributed by atoms with Gasteiger partial charge in [-0.15, -0.1) is 0 Å². The van der Waals surface area contributed by atoms with Gasteiger partial charge in [-0.05, 0) is 5.92 Å². The molecular formula is C12H25N3O3. The van der Waals surface area contributed by atoms with Crippen LogP contribution in [-0.2, 0) is 14.3 Å². The SMILES string of the molecule is COC(CN)CC(=O)N(C)CC(=O)NCC(C)C. The molecule has 0 spiro atoms. The minimum atomic E-state index is -0.293. The van der Waals surface area contributed by atoms with Gasteiger partial charge in [-0.3, -0.25) is 9.59 Å². The molecule has 0 saturated carbocycles. The van der Waals surface area contributed by atoms with Gasteiger partial charge >= 0.3 is 0 Å². The molecule has 0 rings (SSSR count). The summed E-state index contributed by atoms with van der Waals surface area (Å²) < 4.78 is 5.03. The van der Waals surface area contributed by atoms with Crippen molar-refractivity contribution in [1.82, 2.24) is 10.2 Å². The first-order chi connectivity index (χ1) is 8.40. The first-order valence-electron chi connectivity index (χ1n) is 6.14. The number of nitrogens with zero attached hydrogens (tertiary/aromatic N) is 1. The third kappa shape index (κ3) is 7.24. The van der Waals surface area contributed by atoms with Crippen LogP contribution in [0.25, 0.3) is 0 Å². The Morgan fingerprint density at radius 1 is 1.39 bits per heavy atom. The normalized spacial score (nSPS) is 12.3. The van der Waals surface area contributed by atoms with E-state index in [2.05, 4.69) is 5.32 Å². The van der Waals surface area contributed by atoms with Crippen LogP contribution in [0.15, 0.2) is 0 Å². The van der Waals surface area contributed by atoms with Crippen LogP contribution in [0, 0.1) is 5.92 Å². The highest BCUT2D eigenvalue weighted by atomic mass is 16.5. The lowest BCUT2D eigenvalue weighted by atomic mass is 10.2. The summed E-state index contributed by atoms with van der Waals surface area (Å²) in [7, 11) is 3.11. The zero-order chi connectivity index (χ0) is 14.1. The molecule has 0 bridgehead atoms. The number of carbonyl (C=O) groups excluding carboxylic acids is 2. The summed E-state index contributed by atoms with van der Waals surface area (Å²) in [6, 6.07) is 0. The van der Waals surface area contributed by atoms with Crippen molar-refractivity contribution in [2.75, 3.05) is 33.8 Å². The summed E-state index contributed by atoms with van der Waals surface area (Å²) in [4.78, 5) is 24.7. The quantitative estimate of drug-likeness (QED) is 0.620. The second kappa shape index (κ2) is 8.88. The smallest absolute Gasteiger partial charge is 0.239 e. The van der Waals surface area contributed by atoms with Gasteiger partial charge in [0, 0.05) is 27.2 Å². The molecule has 0 aliphatic carbocycles. The summed E-state index contributed by atoms with van der Waals surface area (Å²) in [5.41, 5.74) is 5.44. The second-order valence-corrected chi connectivity index (χ2v) is 4.75. The van der Waals surface area contributed by atoms with E-state index in [4.69, 9.17) is 10.5 Å². The van der Waals surface area contributed by atoms with Gasteiger partial charge in [0.25, 0.3) is 0 Å². The highest BCUT2D eigenvalue weighted by molar-refractivity contribution is 5.84. The van der Waals surface area contributed by atoms with Crippen LogP contribution in [0.2, 0.25) is 0 Å². The monoisotopic (exact) mass is 259 g/mol. The number of carbonyl (C=O) groups is 2. The first kappa shape index (κ1) is 16.9. The number of hydrogen-bond donors (Lipinski definition) is 2. The second-order valence-electron chi connectivity index (χ2n) is 4.75. The Morgan fingerprint density at radius 3 is 2.44 bits per heavy atom. The number of ether oxygens (including phenoxy) is 1. The van der Waals surface area contributed by atoms with Crippen molar-refractivity contribution in [3.8, 4) is 0 Å². The van der Waals surface area contributed by atoms with E-state index in [1.807, 2.05) is 13.8 Å². The fraction of sp³-hybridized carbons (Fsp3) is 0.833. The van der Waals surface area contributed by atoms with Gasteiger partial charge < -0.3 is 20.7 Å². The first-order valence-corrected chi connectivity index (χ1v) is 6.14. The molecule has 106 valence electrons. The van der Waals surface area contributed by atoms with Crippen molar-refractivity contribution in [3.05, 3.63) is 0 Å². The van der Waals surface area contributed by atoms with E-state index in [9.17, 15) is 9.59 Å². The van der Waals surface area contributed by atoms with Crippen LogP contribution in [-0.4, -0.2) is 56.6 Å². The molecule has 0 saturated heterocycles. The highest BCUT2D eigenvalue weighted by Gasteiger charge is 2.17. The molecule has 0 radical (unpaired) electrons. The molecule has 0 aromatic heterocycles. The van der Waals surface area contributed by atoms with Crippen LogP contribution in [0.3, 0.4) is 0 Å². The van der Waals surface area contributed by atoms with Gasteiger partial charge in [-0.25, -0.2) is 0 Å². The van der Waals surface area contributed by atoms with Crippen LogP contribution in [0.5, 0.6) is 0 Å². The van der Waals surface area contributed by atoms with Crippen LogP contribution in [0.1, 0.15) is 20.3 Å². The minimum Gasteiger partial charge on any atom is -0.380 e. The maximum absolute atomic E-state index is 11.8. The molecule has 0 aromatic carbocycles. The van der Waals surface area contributed by atoms with Crippen molar-refractivity contribution in [1.29, 1.82) is 0 Å². The molecule has 1 unspecified atom stereocenters. The fourth-order valence-corrected chi connectivity index (χ4v) is 1.29. The highest BCUT2D eigenvalue weighted by Crippen LogP contribution is 1.99. The molecule has 6 nitrogen and oxygen atoms in total. The zero-order valence-corrected chi connectivity index (χ0v) is 11.7. The van der Waals surface area contributed by atoms with E-state index in [0.29, 0.717) is 12.5 Å². The average Bonchev–Trinajstić information content (AvgIpc) is 2.32. The fourth-order valence-electron chi connectivity index (χ4n) is 1.29. The number of nitrogens with one attached hydrogen (secondary N) is 1. The van der Waals surface area contributed by atoms with Gasteiger partial charge in [0.1, 0.15) is 0 Å². The molecule has 0 aliphatic rings. The Kier molecular flexibility index (Phi) is 8.32. The molecule has 0 heterocycles. The van der Waals surface area contributed by atoms with Crippen molar-refractivity contribution in [2.24, 2.45) is 11.7 Å². The lowest BCUT2D eigenvalue weighted by molar-refractivity contribution is -0.136. The van der Waals surface area contributed by atoms with E-state index >= 15 is 0 Å². The number of rotatable bonds is 8. The average molecular weight is 259 g/mol. The van der Waals surface area contributed by atoms with E-state index < -0.39 is 0 Å². The number of methoxy groups -OCH3 is 1. The largest absolute Gasteiger partial charge is 0.380 e. The number of nitrogens with two attached hydrogens (primary N) is 1. The van der Waals surface area contributed by atoms with Gasteiger partial charge in [0.05, 0.1) is 19.1 Å². The lowest BCUT2D eigenvalue weighted by Gasteiger charge is -2.20. The van der Waals surface area contributed by atoms with Crippen LogP contribution < -0.4 is 11.1 Å². The van der Waals surface area contributed by atoms with Crippen molar-refractivity contribution in [2.45, 2.75) is 26.4 Å². The molecule has 0 aromatic rings. The Hall–Kier alpha value is -1.14. The van der Waals surface area contributed by atoms with Gasteiger partial charge in [-0.2, -0.15) is 0 Å². The number of hydrogen-bond acceptors (Lipinski definition) is 4. The number of amides is 2. The summed E-state index contributed by atoms with van der Waals surface area (Å²) >= 11 is 0.